The number of hydrogen-bond acceptors (Lipinski definition) is 6. The van der Waals surface area contributed by atoms with E-state index >= 15 is 0 Å². The topological polar surface area (TPSA) is 77.7 Å². The van der Waals surface area contributed by atoms with E-state index in [0.717, 1.165) is 43.9 Å². The number of carbonyl (C=O) groups excluding carboxylic acids is 1. The van der Waals surface area contributed by atoms with E-state index in [1.165, 1.54) is 5.56 Å². The first-order valence-corrected chi connectivity index (χ1v) is 10.4. The fourth-order valence-electron chi connectivity index (χ4n) is 3.89. The standard InChI is InChI=1S/C22H29N3O4/c1-22(2,3)28-21(26)25-10-7-15(8-11-25)19-23-20(29-24-19)17-6-4-5-16(13-17)18-9-12-27-14-18/h4-6,13,15,18H,7-12,14H2,1-3H3/t18-/m0/s1. The van der Waals surface area contributed by atoms with E-state index in [9.17, 15) is 4.79 Å². The number of carbonyl (C=O) groups is 1. The molecule has 0 aliphatic carbocycles. The molecule has 0 radical (unpaired) electrons. The van der Waals surface area contributed by atoms with Gasteiger partial charge in [-0.1, -0.05) is 17.3 Å². The van der Waals surface area contributed by atoms with Gasteiger partial charge in [-0.15, -0.1) is 0 Å². The van der Waals surface area contributed by atoms with Gasteiger partial charge in [-0.3, -0.25) is 0 Å². The molecule has 0 N–H and O–H groups in total. The minimum Gasteiger partial charge on any atom is -0.444 e. The van der Waals surface area contributed by atoms with Crippen molar-refractivity contribution in [2.24, 2.45) is 0 Å². The quantitative estimate of drug-likeness (QED) is 0.763. The van der Waals surface area contributed by atoms with Crippen LogP contribution in [-0.4, -0.2) is 53.0 Å². The Kier molecular flexibility index (Phi) is 5.58. The van der Waals surface area contributed by atoms with Crippen LogP contribution >= 0.6 is 0 Å². The molecule has 3 heterocycles. The number of benzene rings is 1. The Hall–Kier alpha value is -2.41. The van der Waals surface area contributed by atoms with Crippen molar-refractivity contribution in [3.8, 4) is 11.5 Å². The second-order valence-electron chi connectivity index (χ2n) is 8.89. The molecule has 29 heavy (non-hydrogen) atoms. The van der Waals surface area contributed by atoms with E-state index in [-0.39, 0.29) is 12.0 Å². The molecule has 7 heteroatoms. The van der Waals surface area contributed by atoms with Crippen molar-refractivity contribution in [3.63, 3.8) is 0 Å². The molecule has 0 unspecified atom stereocenters. The molecular formula is C22H29N3O4. The molecule has 2 aromatic rings. The third-order valence-corrected chi connectivity index (χ3v) is 5.49. The van der Waals surface area contributed by atoms with Crippen LogP contribution in [0.4, 0.5) is 4.79 Å². The Morgan fingerprint density at radius 2 is 1.97 bits per heavy atom. The predicted molar refractivity (Wildman–Crippen MR) is 108 cm³/mol. The molecule has 0 bridgehead atoms. The summed E-state index contributed by atoms with van der Waals surface area (Å²) in [5, 5.41) is 4.23. The Balaban J connectivity index is 1.39. The lowest BCUT2D eigenvalue weighted by molar-refractivity contribution is 0.0203. The second kappa shape index (κ2) is 8.14. The molecule has 1 aromatic heterocycles. The van der Waals surface area contributed by atoms with Gasteiger partial charge in [0.2, 0.25) is 0 Å². The number of amides is 1. The molecule has 156 valence electrons. The molecule has 2 fully saturated rings. The number of likely N-dealkylation sites (tertiary alicyclic amines) is 1. The van der Waals surface area contributed by atoms with E-state index in [0.29, 0.717) is 24.9 Å². The first-order chi connectivity index (χ1) is 13.9. The Labute approximate surface area is 171 Å². The monoisotopic (exact) mass is 399 g/mol. The highest BCUT2D eigenvalue weighted by molar-refractivity contribution is 5.68. The largest absolute Gasteiger partial charge is 0.444 e. The summed E-state index contributed by atoms with van der Waals surface area (Å²) >= 11 is 0. The summed E-state index contributed by atoms with van der Waals surface area (Å²) in [6.45, 7) is 8.52. The summed E-state index contributed by atoms with van der Waals surface area (Å²) in [5.74, 6) is 1.90. The van der Waals surface area contributed by atoms with Crippen LogP contribution in [0.15, 0.2) is 28.8 Å². The molecule has 2 aliphatic rings. The van der Waals surface area contributed by atoms with Crippen LogP contribution in [0.1, 0.15) is 63.3 Å². The highest BCUT2D eigenvalue weighted by Gasteiger charge is 2.30. The van der Waals surface area contributed by atoms with E-state index in [4.69, 9.17) is 14.0 Å². The normalized spacial score (nSPS) is 20.8. The van der Waals surface area contributed by atoms with Crippen LogP contribution in [0.2, 0.25) is 0 Å². The van der Waals surface area contributed by atoms with Gasteiger partial charge in [0.05, 0.1) is 6.61 Å². The van der Waals surface area contributed by atoms with E-state index < -0.39 is 5.60 Å². The van der Waals surface area contributed by atoms with Crippen molar-refractivity contribution in [1.29, 1.82) is 0 Å². The highest BCUT2D eigenvalue weighted by atomic mass is 16.6. The van der Waals surface area contributed by atoms with Gasteiger partial charge >= 0.3 is 6.09 Å². The summed E-state index contributed by atoms with van der Waals surface area (Å²) in [4.78, 5) is 18.6. The number of nitrogens with zero attached hydrogens (tertiary/aromatic N) is 3. The lowest BCUT2D eigenvalue weighted by atomic mass is 9.96. The molecule has 1 atom stereocenters. The van der Waals surface area contributed by atoms with Crippen LogP contribution in [0.5, 0.6) is 0 Å². The predicted octanol–water partition coefficient (Wildman–Crippen LogP) is 4.36. The minimum atomic E-state index is -0.477. The first-order valence-electron chi connectivity index (χ1n) is 10.4. The van der Waals surface area contributed by atoms with Crippen molar-refractivity contribution >= 4 is 6.09 Å². The van der Waals surface area contributed by atoms with Crippen LogP contribution in [-0.2, 0) is 9.47 Å². The summed E-state index contributed by atoms with van der Waals surface area (Å²) in [6, 6.07) is 8.29. The zero-order valence-electron chi connectivity index (χ0n) is 17.4. The average molecular weight is 399 g/mol. The minimum absolute atomic E-state index is 0.192. The first kappa shape index (κ1) is 19.9. The van der Waals surface area contributed by atoms with Crippen molar-refractivity contribution in [1.82, 2.24) is 15.0 Å². The smallest absolute Gasteiger partial charge is 0.410 e. The summed E-state index contributed by atoms with van der Waals surface area (Å²) in [5.41, 5.74) is 1.72. The third kappa shape index (κ3) is 4.78. The van der Waals surface area contributed by atoms with Gasteiger partial charge in [0, 0.05) is 37.1 Å². The van der Waals surface area contributed by atoms with Gasteiger partial charge in [0.1, 0.15) is 5.60 Å². The highest BCUT2D eigenvalue weighted by Crippen LogP contribution is 2.31. The number of piperidine rings is 1. The number of aromatic nitrogens is 2. The Morgan fingerprint density at radius 1 is 1.17 bits per heavy atom. The maximum atomic E-state index is 12.2. The Bertz CT molecular complexity index is 844. The SMILES string of the molecule is CC(C)(C)OC(=O)N1CCC(c2noc(-c3cccc([C@H]4CCOC4)c3)n2)CC1. The second-order valence-corrected chi connectivity index (χ2v) is 8.89. The fourth-order valence-corrected chi connectivity index (χ4v) is 3.89. The molecular weight excluding hydrogens is 370 g/mol. The van der Waals surface area contributed by atoms with Crippen molar-refractivity contribution in [2.75, 3.05) is 26.3 Å². The molecule has 1 amide bonds. The van der Waals surface area contributed by atoms with Gasteiger partial charge in [-0.25, -0.2) is 4.79 Å². The third-order valence-electron chi connectivity index (χ3n) is 5.49. The van der Waals surface area contributed by atoms with Gasteiger partial charge in [0.25, 0.3) is 5.89 Å². The average Bonchev–Trinajstić information content (AvgIpc) is 3.39. The number of hydrogen-bond donors (Lipinski definition) is 0. The zero-order valence-corrected chi connectivity index (χ0v) is 17.4. The van der Waals surface area contributed by atoms with E-state index in [1.807, 2.05) is 32.9 Å². The van der Waals surface area contributed by atoms with Crippen LogP contribution in [0, 0.1) is 0 Å². The summed E-state index contributed by atoms with van der Waals surface area (Å²) in [7, 11) is 0. The maximum absolute atomic E-state index is 12.2. The van der Waals surface area contributed by atoms with E-state index in [1.54, 1.807) is 4.90 Å². The molecule has 2 aliphatic heterocycles. The molecule has 7 nitrogen and oxygen atoms in total. The zero-order chi connectivity index (χ0) is 20.4. The van der Waals surface area contributed by atoms with Crippen molar-refractivity contribution in [2.45, 2.75) is 57.5 Å². The summed E-state index contributed by atoms with van der Waals surface area (Å²) in [6.07, 6.45) is 2.40. The molecule has 0 spiro atoms. The molecule has 0 saturated carbocycles. The van der Waals surface area contributed by atoms with Gasteiger partial charge in [0.15, 0.2) is 5.82 Å². The van der Waals surface area contributed by atoms with Crippen LogP contribution in [0.3, 0.4) is 0 Å². The lowest BCUT2D eigenvalue weighted by Crippen LogP contribution is -2.41. The van der Waals surface area contributed by atoms with Crippen LogP contribution in [0.25, 0.3) is 11.5 Å². The number of rotatable bonds is 3. The summed E-state index contributed by atoms with van der Waals surface area (Å²) < 4.78 is 16.5. The van der Waals surface area contributed by atoms with Crippen LogP contribution < -0.4 is 0 Å². The Morgan fingerprint density at radius 3 is 2.66 bits per heavy atom. The number of ether oxygens (including phenoxy) is 2. The lowest BCUT2D eigenvalue weighted by Gasteiger charge is -2.32. The molecule has 1 aromatic carbocycles. The fraction of sp³-hybridized carbons (Fsp3) is 0.591. The van der Waals surface area contributed by atoms with Crippen molar-refractivity contribution < 1.29 is 18.8 Å². The van der Waals surface area contributed by atoms with Crippen molar-refractivity contribution in [3.05, 3.63) is 35.7 Å². The van der Waals surface area contributed by atoms with Gasteiger partial charge in [-0.05, 0) is 57.7 Å². The van der Waals surface area contributed by atoms with E-state index in [2.05, 4.69) is 22.3 Å². The van der Waals surface area contributed by atoms with Gasteiger partial charge in [-0.2, -0.15) is 4.98 Å². The molecule has 2 saturated heterocycles. The molecule has 4 rings (SSSR count). The van der Waals surface area contributed by atoms with Gasteiger partial charge < -0.3 is 18.9 Å². The maximum Gasteiger partial charge on any atom is 0.410 e.